The van der Waals surface area contributed by atoms with Crippen LogP contribution in [0, 0.1) is 0 Å². The van der Waals surface area contributed by atoms with Gasteiger partial charge >= 0.3 is 5.97 Å². The lowest BCUT2D eigenvalue weighted by Crippen LogP contribution is -2.24. The van der Waals surface area contributed by atoms with Crippen molar-refractivity contribution in [2.24, 2.45) is 5.10 Å². The van der Waals surface area contributed by atoms with Crippen molar-refractivity contribution in [1.29, 1.82) is 0 Å². The molecule has 0 aliphatic rings. The Labute approximate surface area is 194 Å². The molecule has 7 nitrogen and oxygen atoms in total. The number of halogens is 2. The molecular formula is C23H18Cl2N2O5. The highest BCUT2D eigenvalue weighted by atomic mass is 35.5. The van der Waals surface area contributed by atoms with Gasteiger partial charge in [-0.05, 0) is 48.0 Å². The van der Waals surface area contributed by atoms with Gasteiger partial charge in [-0.25, -0.2) is 10.2 Å². The van der Waals surface area contributed by atoms with Crippen molar-refractivity contribution in [2.75, 3.05) is 13.7 Å². The minimum absolute atomic E-state index is 0.227. The number of hydrazone groups is 1. The van der Waals surface area contributed by atoms with Crippen molar-refractivity contribution in [3.63, 3.8) is 0 Å². The van der Waals surface area contributed by atoms with Crippen molar-refractivity contribution in [3.8, 4) is 17.2 Å². The van der Waals surface area contributed by atoms with E-state index in [9.17, 15) is 9.59 Å². The molecule has 0 saturated heterocycles. The SMILES string of the molecule is COc1cc(/C=N\NC(=O)COc2cccc(Cl)c2Cl)ccc1OC(=O)c1ccccc1. The predicted octanol–water partition coefficient (Wildman–Crippen LogP) is 4.75. The summed E-state index contributed by atoms with van der Waals surface area (Å²) >= 11 is 11.9. The van der Waals surface area contributed by atoms with E-state index in [-0.39, 0.29) is 17.4 Å². The third kappa shape index (κ3) is 6.23. The molecule has 0 aromatic heterocycles. The molecule has 0 aliphatic carbocycles. The Morgan fingerprint density at radius 2 is 1.75 bits per heavy atom. The molecular weight excluding hydrogens is 455 g/mol. The number of nitrogens with zero attached hydrogens (tertiary/aromatic N) is 1. The molecule has 9 heteroatoms. The quantitative estimate of drug-likeness (QED) is 0.221. The fourth-order valence-corrected chi connectivity index (χ4v) is 2.88. The highest BCUT2D eigenvalue weighted by Gasteiger charge is 2.12. The van der Waals surface area contributed by atoms with E-state index in [4.69, 9.17) is 37.4 Å². The lowest BCUT2D eigenvalue weighted by molar-refractivity contribution is -0.123. The number of amides is 1. The monoisotopic (exact) mass is 472 g/mol. The lowest BCUT2D eigenvalue weighted by atomic mass is 10.2. The standard InChI is InChI=1S/C23H18Cl2N2O5/c1-30-20-12-15(10-11-18(20)32-23(29)16-6-3-2-4-7-16)13-26-27-21(28)14-31-19-9-5-8-17(24)22(19)25/h2-13H,14H2,1H3,(H,27,28)/b26-13-. The molecule has 0 radical (unpaired) electrons. The second-order valence-corrected chi connectivity index (χ2v) is 7.08. The normalized spacial score (nSPS) is 10.6. The van der Waals surface area contributed by atoms with Crippen LogP contribution in [0.25, 0.3) is 0 Å². The van der Waals surface area contributed by atoms with Crippen molar-refractivity contribution < 1.29 is 23.8 Å². The molecule has 3 aromatic carbocycles. The molecule has 3 rings (SSSR count). The van der Waals surface area contributed by atoms with Gasteiger partial charge in [-0.15, -0.1) is 0 Å². The highest BCUT2D eigenvalue weighted by Crippen LogP contribution is 2.31. The van der Waals surface area contributed by atoms with E-state index in [1.807, 2.05) is 6.07 Å². The Morgan fingerprint density at radius 3 is 2.50 bits per heavy atom. The number of benzene rings is 3. The maximum absolute atomic E-state index is 12.2. The first kappa shape index (κ1) is 23.1. The molecule has 164 valence electrons. The number of esters is 1. The Bertz CT molecular complexity index is 1140. The Balaban J connectivity index is 1.56. The van der Waals surface area contributed by atoms with Gasteiger partial charge in [-0.2, -0.15) is 5.10 Å². The first-order chi connectivity index (χ1) is 15.5. The van der Waals surface area contributed by atoms with E-state index in [2.05, 4.69) is 10.5 Å². The minimum Gasteiger partial charge on any atom is -0.493 e. The topological polar surface area (TPSA) is 86.2 Å². The third-order valence-electron chi connectivity index (χ3n) is 4.08. The molecule has 0 fully saturated rings. The molecule has 1 amide bonds. The van der Waals surface area contributed by atoms with Gasteiger partial charge in [0.25, 0.3) is 5.91 Å². The van der Waals surface area contributed by atoms with Crippen molar-refractivity contribution in [1.82, 2.24) is 5.43 Å². The number of rotatable bonds is 8. The first-order valence-corrected chi connectivity index (χ1v) is 10.1. The van der Waals surface area contributed by atoms with Crippen LogP contribution in [-0.4, -0.2) is 31.8 Å². The van der Waals surface area contributed by atoms with E-state index in [0.29, 0.717) is 27.6 Å². The number of methoxy groups -OCH3 is 1. The molecule has 32 heavy (non-hydrogen) atoms. The fourth-order valence-electron chi connectivity index (χ4n) is 2.53. The summed E-state index contributed by atoms with van der Waals surface area (Å²) in [5.41, 5.74) is 3.38. The van der Waals surface area contributed by atoms with Gasteiger partial charge in [-0.3, -0.25) is 4.79 Å². The summed E-state index contributed by atoms with van der Waals surface area (Å²) < 4.78 is 16.0. The van der Waals surface area contributed by atoms with E-state index < -0.39 is 11.9 Å². The predicted molar refractivity (Wildman–Crippen MR) is 122 cm³/mol. The number of carbonyl (C=O) groups is 2. The zero-order valence-corrected chi connectivity index (χ0v) is 18.4. The van der Waals surface area contributed by atoms with Gasteiger partial charge in [0.15, 0.2) is 18.1 Å². The van der Waals surface area contributed by atoms with Crippen LogP contribution < -0.4 is 19.6 Å². The molecule has 0 spiro atoms. The molecule has 0 bridgehead atoms. The third-order valence-corrected chi connectivity index (χ3v) is 4.88. The van der Waals surface area contributed by atoms with Gasteiger partial charge in [0.1, 0.15) is 10.8 Å². The molecule has 0 aliphatic heterocycles. The van der Waals surface area contributed by atoms with Crippen molar-refractivity contribution in [2.45, 2.75) is 0 Å². The zero-order valence-electron chi connectivity index (χ0n) is 16.9. The summed E-state index contributed by atoms with van der Waals surface area (Å²) in [5, 5.41) is 4.44. The van der Waals surface area contributed by atoms with Crippen LogP contribution in [0.2, 0.25) is 10.0 Å². The molecule has 0 unspecified atom stereocenters. The molecule has 3 aromatic rings. The van der Waals surface area contributed by atoms with E-state index in [1.54, 1.807) is 60.7 Å². The smallest absolute Gasteiger partial charge is 0.343 e. The van der Waals surface area contributed by atoms with Crippen LogP contribution >= 0.6 is 23.2 Å². The van der Waals surface area contributed by atoms with Crippen LogP contribution in [0.5, 0.6) is 17.2 Å². The summed E-state index contributed by atoms with van der Waals surface area (Å²) in [6.07, 6.45) is 1.41. The number of carbonyl (C=O) groups excluding carboxylic acids is 2. The number of ether oxygens (including phenoxy) is 3. The van der Waals surface area contributed by atoms with Gasteiger partial charge in [-0.1, -0.05) is 47.5 Å². The summed E-state index contributed by atoms with van der Waals surface area (Å²) in [7, 11) is 1.45. The number of hydrogen-bond acceptors (Lipinski definition) is 6. The average molecular weight is 473 g/mol. The van der Waals surface area contributed by atoms with E-state index in [0.717, 1.165) is 0 Å². The van der Waals surface area contributed by atoms with Crippen LogP contribution in [0.3, 0.4) is 0 Å². The maximum Gasteiger partial charge on any atom is 0.343 e. The number of nitrogens with one attached hydrogen (secondary N) is 1. The van der Waals surface area contributed by atoms with Crippen molar-refractivity contribution >= 4 is 41.3 Å². The maximum atomic E-state index is 12.2. The Morgan fingerprint density at radius 1 is 0.969 bits per heavy atom. The second-order valence-electron chi connectivity index (χ2n) is 6.30. The Hall–Kier alpha value is -3.55. The van der Waals surface area contributed by atoms with Crippen LogP contribution in [0.4, 0.5) is 0 Å². The fraction of sp³-hybridized carbons (Fsp3) is 0.0870. The van der Waals surface area contributed by atoms with E-state index >= 15 is 0 Å². The molecule has 0 saturated carbocycles. The molecule has 0 heterocycles. The highest BCUT2D eigenvalue weighted by molar-refractivity contribution is 6.42. The van der Waals surface area contributed by atoms with Gasteiger partial charge < -0.3 is 14.2 Å². The second kappa shape index (κ2) is 11.2. The summed E-state index contributed by atoms with van der Waals surface area (Å²) in [5.74, 6) is -0.100. The zero-order chi connectivity index (χ0) is 22.9. The minimum atomic E-state index is -0.502. The Kier molecular flexibility index (Phi) is 8.08. The van der Waals surface area contributed by atoms with Gasteiger partial charge in [0.05, 0.1) is 23.9 Å². The number of hydrogen-bond donors (Lipinski definition) is 1. The summed E-state index contributed by atoms with van der Waals surface area (Å²) in [6, 6.07) is 18.3. The van der Waals surface area contributed by atoms with Crippen LogP contribution in [0.1, 0.15) is 15.9 Å². The lowest BCUT2D eigenvalue weighted by Gasteiger charge is -2.10. The van der Waals surface area contributed by atoms with Crippen molar-refractivity contribution in [3.05, 3.63) is 87.9 Å². The summed E-state index contributed by atoms with van der Waals surface area (Å²) in [6.45, 7) is -0.297. The van der Waals surface area contributed by atoms with E-state index in [1.165, 1.54) is 13.3 Å². The van der Waals surface area contributed by atoms with Gasteiger partial charge in [0, 0.05) is 0 Å². The summed E-state index contributed by atoms with van der Waals surface area (Å²) in [4.78, 5) is 24.2. The first-order valence-electron chi connectivity index (χ1n) is 9.32. The largest absolute Gasteiger partial charge is 0.493 e. The molecule has 0 atom stereocenters. The average Bonchev–Trinajstić information content (AvgIpc) is 2.81. The van der Waals surface area contributed by atoms with Gasteiger partial charge in [0.2, 0.25) is 0 Å². The van der Waals surface area contributed by atoms with Crippen LogP contribution in [0.15, 0.2) is 71.8 Å². The van der Waals surface area contributed by atoms with Crippen LogP contribution in [-0.2, 0) is 4.79 Å². The molecule has 1 N–H and O–H groups in total.